The van der Waals surface area contributed by atoms with Crippen LogP contribution in [0.3, 0.4) is 0 Å². The zero-order chi connectivity index (χ0) is 16.7. The van der Waals surface area contributed by atoms with E-state index >= 15 is 0 Å². The Bertz CT molecular complexity index is 746. The summed E-state index contributed by atoms with van der Waals surface area (Å²) < 4.78 is 7.26. The minimum absolute atomic E-state index is 0.0331. The van der Waals surface area contributed by atoms with E-state index in [-0.39, 0.29) is 11.9 Å². The Morgan fingerprint density at radius 1 is 1.33 bits per heavy atom. The molecule has 3 heterocycles. The topological polar surface area (TPSA) is 77.0 Å². The van der Waals surface area contributed by atoms with Crippen molar-refractivity contribution in [2.24, 2.45) is 0 Å². The third-order valence-corrected chi connectivity index (χ3v) is 4.90. The number of rotatable bonds is 5. The van der Waals surface area contributed by atoms with Crippen molar-refractivity contribution in [1.82, 2.24) is 24.8 Å². The fourth-order valence-corrected chi connectivity index (χ4v) is 3.46. The van der Waals surface area contributed by atoms with Crippen LogP contribution in [0.4, 0.5) is 0 Å². The third-order valence-electron chi connectivity index (χ3n) is 4.90. The molecular weight excluding hydrogens is 306 g/mol. The predicted octanol–water partition coefficient (Wildman–Crippen LogP) is 2.51. The average Bonchev–Trinajstić information content (AvgIpc) is 2.98. The van der Waals surface area contributed by atoms with Crippen molar-refractivity contribution in [3.8, 4) is 0 Å². The lowest BCUT2D eigenvalue weighted by molar-refractivity contribution is -0.132. The number of amides is 1. The van der Waals surface area contributed by atoms with Crippen LogP contribution in [0.1, 0.15) is 67.2 Å². The molecule has 128 valence electrons. The molecule has 2 aromatic rings. The van der Waals surface area contributed by atoms with E-state index in [0.717, 1.165) is 49.5 Å². The summed E-state index contributed by atoms with van der Waals surface area (Å²) in [5, 5.41) is 8.55. The van der Waals surface area contributed by atoms with Crippen molar-refractivity contribution in [3.05, 3.63) is 29.2 Å². The van der Waals surface area contributed by atoms with Crippen LogP contribution < -0.4 is 0 Å². The van der Waals surface area contributed by atoms with Crippen LogP contribution in [-0.2, 0) is 11.3 Å². The van der Waals surface area contributed by atoms with E-state index in [1.807, 2.05) is 29.5 Å². The fraction of sp³-hybridized carbons (Fsp3) is 0.647. The van der Waals surface area contributed by atoms with Gasteiger partial charge in [0.1, 0.15) is 0 Å². The molecule has 1 saturated carbocycles. The van der Waals surface area contributed by atoms with E-state index in [4.69, 9.17) is 4.52 Å². The van der Waals surface area contributed by atoms with Gasteiger partial charge < -0.3 is 9.42 Å². The summed E-state index contributed by atoms with van der Waals surface area (Å²) in [6, 6.07) is 2.00. The minimum atomic E-state index is -0.0331. The smallest absolute Gasteiger partial charge is 0.229 e. The SMILES string of the molecule is Cc1cc(C)n(CCC(=O)N2CCCC2c2noc(C3CC3)n2)n1. The highest BCUT2D eigenvalue weighted by atomic mass is 16.5. The van der Waals surface area contributed by atoms with Crippen LogP contribution in [0.25, 0.3) is 0 Å². The zero-order valence-electron chi connectivity index (χ0n) is 14.2. The highest BCUT2D eigenvalue weighted by Crippen LogP contribution is 2.40. The molecule has 0 radical (unpaired) electrons. The van der Waals surface area contributed by atoms with Gasteiger partial charge in [-0.15, -0.1) is 0 Å². The second kappa shape index (κ2) is 6.03. The van der Waals surface area contributed by atoms with E-state index in [1.165, 1.54) is 0 Å². The number of aromatic nitrogens is 4. The third kappa shape index (κ3) is 2.95. The summed E-state index contributed by atoms with van der Waals surface area (Å²) in [6.07, 6.45) is 4.62. The molecule has 1 aliphatic heterocycles. The summed E-state index contributed by atoms with van der Waals surface area (Å²) in [5.74, 6) is 2.01. The van der Waals surface area contributed by atoms with Crippen molar-refractivity contribution >= 4 is 5.91 Å². The van der Waals surface area contributed by atoms with Gasteiger partial charge in [0.05, 0.1) is 11.7 Å². The lowest BCUT2D eigenvalue weighted by Gasteiger charge is -2.22. The lowest BCUT2D eigenvalue weighted by Crippen LogP contribution is -2.31. The van der Waals surface area contributed by atoms with Gasteiger partial charge in [-0.25, -0.2) is 0 Å². The highest BCUT2D eigenvalue weighted by molar-refractivity contribution is 5.76. The molecular formula is C17H23N5O2. The fourth-order valence-electron chi connectivity index (χ4n) is 3.46. The molecule has 2 fully saturated rings. The molecule has 1 saturated heterocycles. The maximum atomic E-state index is 12.7. The Labute approximate surface area is 141 Å². The second-order valence-corrected chi connectivity index (χ2v) is 6.91. The molecule has 24 heavy (non-hydrogen) atoms. The van der Waals surface area contributed by atoms with Crippen LogP contribution in [0.5, 0.6) is 0 Å². The first-order chi connectivity index (χ1) is 11.6. The Morgan fingerprint density at radius 2 is 2.17 bits per heavy atom. The molecule has 7 nitrogen and oxygen atoms in total. The minimum Gasteiger partial charge on any atom is -0.339 e. The number of aryl methyl sites for hydroxylation is 3. The van der Waals surface area contributed by atoms with E-state index in [9.17, 15) is 4.79 Å². The molecule has 1 atom stereocenters. The molecule has 1 amide bonds. The van der Waals surface area contributed by atoms with E-state index in [0.29, 0.717) is 24.7 Å². The van der Waals surface area contributed by atoms with Gasteiger partial charge in [0.2, 0.25) is 11.8 Å². The van der Waals surface area contributed by atoms with Crippen molar-refractivity contribution < 1.29 is 9.32 Å². The normalized spacial score (nSPS) is 20.8. The van der Waals surface area contributed by atoms with Crippen molar-refractivity contribution in [3.63, 3.8) is 0 Å². The van der Waals surface area contributed by atoms with Gasteiger partial charge in [-0.3, -0.25) is 9.48 Å². The van der Waals surface area contributed by atoms with Crippen LogP contribution in [-0.4, -0.2) is 37.3 Å². The van der Waals surface area contributed by atoms with Gasteiger partial charge in [0, 0.05) is 31.1 Å². The first-order valence-corrected chi connectivity index (χ1v) is 8.76. The van der Waals surface area contributed by atoms with E-state index < -0.39 is 0 Å². The lowest BCUT2D eigenvalue weighted by atomic mass is 10.2. The molecule has 2 aliphatic rings. The van der Waals surface area contributed by atoms with Gasteiger partial charge >= 0.3 is 0 Å². The molecule has 1 unspecified atom stereocenters. The average molecular weight is 329 g/mol. The predicted molar refractivity (Wildman–Crippen MR) is 86.3 cm³/mol. The van der Waals surface area contributed by atoms with E-state index in [1.54, 1.807) is 0 Å². The zero-order valence-corrected chi connectivity index (χ0v) is 14.2. The van der Waals surface area contributed by atoms with Crippen LogP contribution in [0.15, 0.2) is 10.6 Å². The maximum Gasteiger partial charge on any atom is 0.229 e. The summed E-state index contributed by atoms with van der Waals surface area (Å²) in [6.45, 7) is 5.37. The largest absolute Gasteiger partial charge is 0.339 e. The summed E-state index contributed by atoms with van der Waals surface area (Å²) >= 11 is 0. The number of hydrogen-bond donors (Lipinski definition) is 0. The Kier molecular flexibility index (Phi) is 3.86. The molecule has 2 aromatic heterocycles. The van der Waals surface area contributed by atoms with Crippen LogP contribution >= 0.6 is 0 Å². The summed E-state index contributed by atoms with van der Waals surface area (Å²) in [4.78, 5) is 19.1. The Balaban J connectivity index is 1.41. The number of hydrogen-bond acceptors (Lipinski definition) is 5. The first-order valence-electron chi connectivity index (χ1n) is 8.76. The van der Waals surface area contributed by atoms with Crippen LogP contribution in [0.2, 0.25) is 0 Å². The van der Waals surface area contributed by atoms with Crippen LogP contribution in [0, 0.1) is 13.8 Å². The van der Waals surface area contributed by atoms with E-state index in [2.05, 4.69) is 15.2 Å². The summed E-state index contributed by atoms with van der Waals surface area (Å²) in [5.41, 5.74) is 2.07. The monoisotopic (exact) mass is 329 g/mol. The van der Waals surface area contributed by atoms with Gasteiger partial charge in [-0.1, -0.05) is 5.16 Å². The molecule has 7 heteroatoms. The molecule has 0 spiro atoms. The number of carbonyl (C=O) groups excluding carboxylic acids is 1. The Morgan fingerprint density at radius 3 is 2.88 bits per heavy atom. The number of nitrogens with zero attached hydrogens (tertiary/aromatic N) is 5. The quantitative estimate of drug-likeness (QED) is 0.842. The number of likely N-dealkylation sites (tertiary alicyclic amines) is 1. The van der Waals surface area contributed by atoms with Gasteiger partial charge in [0.25, 0.3) is 0 Å². The van der Waals surface area contributed by atoms with Crippen molar-refractivity contribution in [2.45, 2.75) is 64.5 Å². The maximum absolute atomic E-state index is 12.7. The molecule has 0 bridgehead atoms. The van der Waals surface area contributed by atoms with Gasteiger partial charge in [-0.05, 0) is 45.6 Å². The highest BCUT2D eigenvalue weighted by Gasteiger charge is 2.35. The molecule has 0 aromatic carbocycles. The van der Waals surface area contributed by atoms with Crippen molar-refractivity contribution in [1.29, 1.82) is 0 Å². The summed E-state index contributed by atoms with van der Waals surface area (Å²) in [7, 11) is 0. The molecule has 4 rings (SSSR count). The van der Waals surface area contributed by atoms with Crippen molar-refractivity contribution in [2.75, 3.05) is 6.54 Å². The molecule has 0 N–H and O–H groups in total. The second-order valence-electron chi connectivity index (χ2n) is 6.91. The Hall–Kier alpha value is -2.18. The molecule has 1 aliphatic carbocycles. The first kappa shape index (κ1) is 15.4. The van der Waals surface area contributed by atoms with Gasteiger partial charge in [0.15, 0.2) is 5.82 Å². The van der Waals surface area contributed by atoms with Gasteiger partial charge in [-0.2, -0.15) is 10.1 Å². The number of carbonyl (C=O) groups is 1. The standard InChI is InChI=1S/C17H23N5O2/c1-11-10-12(2)22(19-11)9-7-15(23)21-8-3-4-14(21)16-18-17(24-20-16)13-5-6-13/h10,13-14H,3-9H2,1-2H3.